The molecule has 3 aliphatic rings. The van der Waals surface area contributed by atoms with E-state index in [4.69, 9.17) is 0 Å². The SMILES string of the molecule is CN=C(NC1CC1c1c(F)cccc1F)N1CCC2(CCCC2)C1. The molecule has 0 radical (unpaired) electrons. The molecule has 130 valence electrons. The number of hydrogen-bond donors (Lipinski definition) is 1. The molecule has 2 atom stereocenters. The van der Waals surface area contributed by atoms with Crippen LogP contribution in [0.1, 0.15) is 50.0 Å². The molecule has 1 aromatic carbocycles. The summed E-state index contributed by atoms with van der Waals surface area (Å²) < 4.78 is 27.9. The van der Waals surface area contributed by atoms with E-state index < -0.39 is 11.6 Å². The van der Waals surface area contributed by atoms with Crippen LogP contribution in [-0.4, -0.2) is 37.0 Å². The first-order chi connectivity index (χ1) is 11.6. The molecule has 0 bridgehead atoms. The van der Waals surface area contributed by atoms with Gasteiger partial charge in [-0.25, -0.2) is 8.78 Å². The van der Waals surface area contributed by atoms with Crippen LogP contribution < -0.4 is 5.32 Å². The Labute approximate surface area is 142 Å². The number of rotatable bonds is 2. The van der Waals surface area contributed by atoms with Gasteiger partial charge < -0.3 is 10.2 Å². The van der Waals surface area contributed by atoms with E-state index in [0.29, 0.717) is 5.41 Å². The summed E-state index contributed by atoms with van der Waals surface area (Å²) in [5, 5.41) is 3.43. The minimum atomic E-state index is -0.439. The van der Waals surface area contributed by atoms with Gasteiger partial charge in [-0.15, -0.1) is 0 Å². The third-order valence-electron chi connectivity index (χ3n) is 6.09. The molecule has 2 unspecified atom stereocenters. The van der Waals surface area contributed by atoms with Crippen LogP contribution in [-0.2, 0) is 0 Å². The normalized spacial score (nSPS) is 28.6. The van der Waals surface area contributed by atoms with Crippen molar-refractivity contribution in [2.75, 3.05) is 20.1 Å². The van der Waals surface area contributed by atoms with E-state index in [0.717, 1.165) is 25.5 Å². The third kappa shape index (κ3) is 2.78. The fourth-order valence-corrected chi connectivity index (χ4v) is 4.65. The molecule has 5 heteroatoms. The van der Waals surface area contributed by atoms with Crippen LogP contribution in [0.5, 0.6) is 0 Å². The first-order valence-corrected chi connectivity index (χ1v) is 9.04. The van der Waals surface area contributed by atoms with E-state index in [2.05, 4.69) is 15.2 Å². The molecule has 4 rings (SSSR count). The van der Waals surface area contributed by atoms with Gasteiger partial charge in [0.15, 0.2) is 5.96 Å². The largest absolute Gasteiger partial charge is 0.353 e. The van der Waals surface area contributed by atoms with E-state index in [1.165, 1.54) is 50.3 Å². The van der Waals surface area contributed by atoms with Crippen LogP contribution in [0.2, 0.25) is 0 Å². The Morgan fingerprint density at radius 2 is 1.92 bits per heavy atom. The van der Waals surface area contributed by atoms with Crippen molar-refractivity contribution in [2.45, 2.75) is 50.5 Å². The maximum Gasteiger partial charge on any atom is 0.193 e. The number of nitrogens with one attached hydrogen (secondary N) is 1. The second kappa shape index (κ2) is 6.01. The molecular weight excluding hydrogens is 308 g/mol. The Balaban J connectivity index is 1.41. The number of hydrogen-bond acceptors (Lipinski definition) is 1. The van der Waals surface area contributed by atoms with Crippen molar-refractivity contribution in [3.8, 4) is 0 Å². The minimum absolute atomic E-state index is 0.0789. The predicted molar refractivity (Wildman–Crippen MR) is 91.1 cm³/mol. The maximum atomic E-state index is 13.9. The molecule has 2 saturated carbocycles. The zero-order valence-corrected chi connectivity index (χ0v) is 14.2. The number of aliphatic imine (C=N–C) groups is 1. The van der Waals surface area contributed by atoms with Crippen LogP contribution in [0, 0.1) is 17.0 Å². The van der Waals surface area contributed by atoms with E-state index in [-0.39, 0.29) is 17.5 Å². The average molecular weight is 333 g/mol. The second-order valence-electron chi connectivity index (χ2n) is 7.65. The number of likely N-dealkylation sites (tertiary alicyclic amines) is 1. The molecule has 0 aromatic heterocycles. The van der Waals surface area contributed by atoms with E-state index >= 15 is 0 Å². The second-order valence-corrected chi connectivity index (χ2v) is 7.65. The van der Waals surface area contributed by atoms with Gasteiger partial charge >= 0.3 is 0 Å². The predicted octanol–water partition coefficient (Wildman–Crippen LogP) is 3.66. The highest BCUT2D eigenvalue weighted by Gasteiger charge is 2.45. The quantitative estimate of drug-likeness (QED) is 0.661. The van der Waals surface area contributed by atoms with Crippen molar-refractivity contribution in [1.82, 2.24) is 10.2 Å². The Kier molecular flexibility index (Phi) is 3.97. The maximum absolute atomic E-state index is 13.9. The lowest BCUT2D eigenvalue weighted by Gasteiger charge is -2.26. The summed E-state index contributed by atoms with van der Waals surface area (Å²) in [6.45, 7) is 2.10. The number of halogens is 2. The first kappa shape index (κ1) is 15.9. The summed E-state index contributed by atoms with van der Waals surface area (Å²) in [6.07, 6.45) is 7.34. The molecular formula is C19H25F2N3. The van der Waals surface area contributed by atoms with Gasteiger partial charge in [0.05, 0.1) is 0 Å². The van der Waals surface area contributed by atoms with Gasteiger partial charge in [0.1, 0.15) is 11.6 Å². The molecule has 3 nitrogen and oxygen atoms in total. The van der Waals surface area contributed by atoms with E-state index in [9.17, 15) is 8.78 Å². The molecule has 1 spiro atoms. The summed E-state index contributed by atoms with van der Waals surface area (Å²) in [7, 11) is 1.79. The molecule has 1 aromatic rings. The van der Waals surface area contributed by atoms with Gasteiger partial charge in [-0.3, -0.25) is 4.99 Å². The average Bonchev–Trinajstić information content (AvgIpc) is 2.97. The summed E-state index contributed by atoms with van der Waals surface area (Å²) in [4.78, 5) is 6.75. The van der Waals surface area contributed by atoms with Crippen molar-refractivity contribution in [3.05, 3.63) is 35.4 Å². The smallest absolute Gasteiger partial charge is 0.193 e. The van der Waals surface area contributed by atoms with Gasteiger partial charge in [-0.2, -0.15) is 0 Å². The van der Waals surface area contributed by atoms with Gasteiger partial charge in [0.25, 0.3) is 0 Å². The highest BCUT2D eigenvalue weighted by molar-refractivity contribution is 5.81. The highest BCUT2D eigenvalue weighted by Crippen LogP contribution is 2.46. The van der Waals surface area contributed by atoms with Crippen LogP contribution in [0.4, 0.5) is 8.78 Å². The van der Waals surface area contributed by atoms with Crippen LogP contribution in [0.25, 0.3) is 0 Å². The molecule has 0 amide bonds. The lowest BCUT2D eigenvalue weighted by molar-refractivity contribution is 0.309. The lowest BCUT2D eigenvalue weighted by Crippen LogP contribution is -2.42. The van der Waals surface area contributed by atoms with Crippen LogP contribution in [0.3, 0.4) is 0 Å². The Bertz CT molecular complexity index is 632. The van der Waals surface area contributed by atoms with Crippen LogP contribution in [0.15, 0.2) is 23.2 Å². The fraction of sp³-hybridized carbons (Fsp3) is 0.632. The summed E-state index contributed by atoms with van der Waals surface area (Å²) >= 11 is 0. The van der Waals surface area contributed by atoms with Crippen molar-refractivity contribution in [2.24, 2.45) is 10.4 Å². The molecule has 24 heavy (non-hydrogen) atoms. The molecule has 2 aliphatic carbocycles. The van der Waals surface area contributed by atoms with Crippen molar-refractivity contribution >= 4 is 5.96 Å². The highest BCUT2D eigenvalue weighted by atomic mass is 19.1. The number of benzene rings is 1. The zero-order valence-electron chi connectivity index (χ0n) is 14.2. The Morgan fingerprint density at radius 1 is 1.21 bits per heavy atom. The molecule has 1 aliphatic heterocycles. The van der Waals surface area contributed by atoms with Gasteiger partial charge in [0.2, 0.25) is 0 Å². The molecule has 1 saturated heterocycles. The van der Waals surface area contributed by atoms with Crippen LogP contribution >= 0.6 is 0 Å². The summed E-state index contributed by atoms with van der Waals surface area (Å²) in [5.74, 6) is -0.0789. The number of nitrogens with zero attached hydrogens (tertiary/aromatic N) is 2. The molecule has 3 fully saturated rings. The monoisotopic (exact) mass is 333 g/mol. The molecule has 1 heterocycles. The standard InChI is InChI=1S/C19H25F2N3/c1-22-18(24-10-9-19(12-24)7-2-3-8-19)23-16-11-13(16)17-14(20)5-4-6-15(17)21/h4-6,13,16H,2-3,7-12H2,1H3,(H,22,23). The fourth-order valence-electron chi connectivity index (χ4n) is 4.65. The van der Waals surface area contributed by atoms with E-state index in [1.54, 1.807) is 7.05 Å². The van der Waals surface area contributed by atoms with Crippen molar-refractivity contribution in [1.29, 1.82) is 0 Å². The number of guanidine groups is 1. The van der Waals surface area contributed by atoms with Gasteiger partial charge in [-0.1, -0.05) is 18.9 Å². The van der Waals surface area contributed by atoms with E-state index in [1.807, 2.05) is 0 Å². The van der Waals surface area contributed by atoms with Crippen molar-refractivity contribution in [3.63, 3.8) is 0 Å². The Hall–Kier alpha value is -1.65. The summed E-state index contributed by atoms with van der Waals surface area (Å²) in [6, 6.07) is 4.18. The lowest BCUT2D eigenvalue weighted by atomic mass is 9.86. The van der Waals surface area contributed by atoms with Crippen molar-refractivity contribution < 1.29 is 8.78 Å². The van der Waals surface area contributed by atoms with Gasteiger partial charge in [-0.05, 0) is 43.2 Å². The third-order valence-corrected chi connectivity index (χ3v) is 6.09. The topological polar surface area (TPSA) is 27.6 Å². The summed E-state index contributed by atoms with van der Waals surface area (Å²) in [5.41, 5.74) is 0.706. The first-order valence-electron chi connectivity index (χ1n) is 9.04. The van der Waals surface area contributed by atoms with Gasteiger partial charge in [0, 0.05) is 37.7 Å². The zero-order chi connectivity index (χ0) is 16.7. The minimum Gasteiger partial charge on any atom is -0.353 e. The molecule has 1 N–H and O–H groups in total. The Morgan fingerprint density at radius 3 is 2.58 bits per heavy atom.